The van der Waals surface area contributed by atoms with Crippen molar-refractivity contribution in [3.8, 4) is 0 Å². The van der Waals surface area contributed by atoms with Crippen molar-refractivity contribution < 1.29 is 4.39 Å². The first-order valence-electron chi connectivity index (χ1n) is 6.49. The molecule has 0 aliphatic rings. The van der Waals surface area contributed by atoms with Gasteiger partial charge in [0.05, 0.1) is 17.7 Å². The zero-order chi connectivity index (χ0) is 15.0. The lowest BCUT2D eigenvalue weighted by Gasteiger charge is -2.21. The van der Waals surface area contributed by atoms with Crippen molar-refractivity contribution in [3.63, 3.8) is 0 Å². The van der Waals surface area contributed by atoms with Crippen LogP contribution in [0.1, 0.15) is 19.4 Å². The molecule has 1 rings (SSSR count). The second kappa shape index (κ2) is 8.10. The van der Waals surface area contributed by atoms with Gasteiger partial charge in [0.25, 0.3) is 0 Å². The SMILES string of the molecule is C=C/C(=C(\C=C\F)N=C(C)C)N(C)Cc1ccccc1. The molecule has 1 aromatic carbocycles. The number of hydrogen-bond donors (Lipinski definition) is 0. The normalized spacial score (nSPS) is 12.0. The Morgan fingerprint density at radius 1 is 1.30 bits per heavy atom. The van der Waals surface area contributed by atoms with Gasteiger partial charge >= 0.3 is 0 Å². The minimum Gasteiger partial charge on any atom is -0.369 e. The summed E-state index contributed by atoms with van der Waals surface area (Å²) in [6.45, 7) is 8.28. The minimum absolute atomic E-state index is 0.502. The summed E-state index contributed by atoms with van der Waals surface area (Å²) in [6, 6.07) is 10.1. The van der Waals surface area contributed by atoms with Gasteiger partial charge in [-0.25, -0.2) is 4.39 Å². The van der Waals surface area contributed by atoms with Gasteiger partial charge in [-0.1, -0.05) is 36.9 Å². The lowest BCUT2D eigenvalue weighted by Crippen LogP contribution is -2.17. The summed E-state index contributed by atoms with van der Waals surface area (Å²) in [5, 5.41) is 0. The second-order valence-corrected chi connectivity index (χ2v) is 4.67. The highest BCUT2D eigenvalue weighted by atomic mass is 19.1. The van der Waals surface area contributed by atoms with Crippen molar-refractivity contribution in [2.24, 2.45) is 4.99 Å². The van der Waals surface area contributed by atoms with Gasteiger partial charge in [-0.2, -0.15) is 0 Å². The maximum absolute atomic E-state index is 12.5. The van der Waals surface area contributed by atoms with E-state index in [2.05, 4.69) is 23.7 Å². The molecule has 20 heavy (non-hydrogen) atoms. The molecular weight excluding hydrogens is 251 g/mol. The van der Waals surface area contributed by atoms with Crippen molar-refractivity contribution in [1.82, 2.24) is 4.90 Å². The highest BCUT2D eigenvalue weighted by molar-refractivity contribution is 5.80. The molecule has 0 bridgehead atoms. The van der Waals surface area contributed by atoms with Crippen molar-refractivity contribution in [2.45, 2.75) is 20.4 Å². The number of hydrogen-bond acceptors (Lipinski definition) is 2. The molecule has 0 N–H and O–H groups in total. The Balaban J connectivity index is 3.08. The molecule has 0 spiro atoms. The first kappa shape index (κ1) is 15.9. The van der Waals surface area contributed by atoms with Gasteiger partial charge in [0.1, 0.15) is 0 Å². The summed E-state index contributed by atoms with van der Waals surface area (Å²) in [7, 11) is 1.94. The number of rotatable bonds is 6. The van der Waals surface area contributed by atoms with Gasteiger partial charge < -0.3 is 4.90 Å². The molecule has 2 nitrogen and oxygen atoms in total. The van der Waals surface area contributed by atoms with Gasteiger partial charge in [-0.15, -0.1) is 0 Å². The van der Waals surface area contributed by atoms with Crippen LogP contribution in [0.25, 0.3) is 0 Å². The molecule has 1 aromatic rings. The van der Waals surface area contributed by atoms with E-state index < -0.39 is 0 Å². The van der Waals surface area contributed by atoms with Crippen LogP contribution in [0.15, 0.2) is 71.8 Å². The van der Waals surface area contributed by atoms with E-state index in [9.17, 15) is 4.39 Å². The zero-order valence-electron chi connectivity index (χ0n) is 12.3. The number of likely N-dealkylation sites (N-methyl/N-ethyl adjacent to an activating group) is 1. The van der Waals surface area contributed by atoms with E-state index >= 15 is 0 Å². The molecule has 0 saturated heterocycles. The van der Waals surface area contributed by atoms with Crippen LogP contribution < -0.4 is 0 Å². The first-order valence-corrected chi connectivity index (χ1v) is 6.49. The van der Waals surface area contributed by atoms with Gasteiger partial charge in [0.15, 0.2) is 0 Å². The third-order valence-corrected chi connectivity index (χ3v) is 2.69. The van der Waals surface area contributed by atoms with Gasteiger partial charge in [0, 0.05) is 19.3 Å². The molecule has 0 radical (unpaired) electrons. The molecule has 0 atom stereocenters. The minimum atomic E-state index is 0.502. The molecule has 0 amide bonds. The summed E-state index contributed by atoms with van der Waals surface area (Å²) in [4.78, 5) is 6.36. The molecule has 106 valence electrons. The smallest absolute Gasteiger partial charge is 0.0889 e. The molecule has 0 saturated carbocycles. The zero-order valence-corrected chi connectivity index (χ0v) is 12.3. The van der Waals surface area contributed by atoms with E-state index in [1.807, 2.05) is 44.0 Å². The number of aliphatic imine (C=N–C) groups is 1. The van der Waals surface area contributed by atoms with E-state index in [4.69, 9.17) is 0 Å². The molecule has 0 fully saturated rings. The summed E-state index contributed by atoms with van der Waals surface area (Å²) in [5.74, 6) is 0. The van der Waals surface area contributed by atoms with Crippen molar-refractivity contribution in [2.75, 3.05) is 7.05 Å². The molecule has 3 heteroatoms. The Bertz CT molecular complexity index is 523. The molecule has 0 aliphatic carbocycles. The molecular formula is C17H21FN2. The van der Waals surface area contributed by atoms with Crippen LogP contribution in [-0.4, -0.2) is 17.7 Å². The predicted molar refractivity (Wildman–Crippen MR) is 84.2 cm³/mol. The molecule has 0 unspecified atom stereocenters. The Morgan fingerprint density at radius 3 is 2.45 bits per heavy atom. The quantitative estimate of drug-likeness (QED) is 0.550. The predicted octanol–water partition coefficient (Wildman–Crippen LogP) is 4.48. The van der Waals surface area contributed by atoms with E-state index in [0.717, 1.165) is 11.4 Å². The summed E-state index contributed by atoms with van der Waals surface area (Å²) in [5.41, 5.74) is 3.41. The van der Waals surface area contributed by atoms with Crippen LogP contribution in [0, 0.1) is 0 Å². The Labute approximate surface area is 120 Å². The standard InChI is InChI=1S/C17H21FN2/c1-5-17(16(11-12-18)19-14(2)3)20(4)13-15-9-7-6-8-10-15/h5-12H,1,13H2,2-4H3/b12-11+,17-16-. The largest absolute Gasteiger partial charge is 0.369 e. The fourth-order valence-electron chi connectivity index (χ4n) is 1.88. The third-order valence-electron chi connectivity index (χ3n) is 2.69. The Kier molecular flexibility index (Phi) is 6.44. The number of allylic oxidation sites excluding steroid dienone is 2. The van der Waals surface area contributed by atoms with Crippen LogP contribution >= 0.6 is 0 Å². The van der Waals surface area contributed by atoms with Crippen molar-refractivity contribution in [1.29, 1.82) is 0 Å². The van der Waals surface area contributed by atoms with E-state index in [-0.39, 0.29) is 0 Å². The Morgan fingerprint density at radius 2 is 1.95 bits per heavy atom. The van der Waals surface area contributed by atoms with Gasteiger partial charge in [0.2, 0.25) is 0 Å². The van der Waals surface area contributed by atoms with E-state index in [0.29, 0.717) is 18.6 Å². The Hall–Kier alpha value is -2.16. The lowest BCUT2D eigenvalue weighted by atomic mass is 10.2. The molecule has 0 aliphatic heterocycles. The van der Waals surface area contributed by atoms with Crippen molar-refractivity contribution in [3.05, 3.63) is 72.4 Å². The maximum atomic E-state index is 12.5. The number of nitrogens with zero attached hydrogens (tertiary/aromatic N) is 2. The highest BCUT2D eigenvalue weighted by Crippen LogP contribution is 2.16. The summed E-state index contributed by atoms with van der Waals surface area (Å²) >= 11 is 0. The number of halogens is 1. The fraction of sp³-hybridized carbons (Fsp3) is 0.235. The molecule has 0 heterocycles. The monoisotopic (exact) mass is 272 g/mol. The van der Waals surface area contributed by atoms with E-state index in [1.165, 1.54) is 11.6 Å². The summed E-state index contributed by atoms with van der Waals surface area (Å²) in [6.07, 6.45) is 3.55. The van der Waals surface area contributed by atoms with Gasteiger partial charge in [-0.3, -0.25) is 4.99 Å². The first-order chi connectivity index (χ1) is 9.58. The topological polar surface area (TPSA) is 15.6 Å². The van der Waals surface area contributed by atoms with Crippen LogP contribution in [0.5, 0.6) is 0 Å². The van der Waals surface area contributed by atoms with Crippen LogP contribution in [0.3, 0.4) is 0 Å². The van der Waals surface area contributed by atoms with E-state index in [1.54, 1.807) is 6.08 Å². The van der Waals surface area contributed by atoms with Crippen molar-refractivity contribution >= 4 is 5.71 Å². The fourth-order valence-corrected chi connectivity index (χ4v) is 1.88. The number of benzene rings is 1. The summed E-state index contributed by atoms with van der Waals surface area (Å²) < 4.78 is 12.5. The maximum Gasteiger partial charge on any atom is 0.0889 e. The molecule has 0 aromatic heterocycles. The third kappa shape index (κ3) is 4.84. The second-order valence-electron chi connectivity index (χ2n) is 4.67. The van der Waals surface area contributed by atoms with Crippen LogP contribution in [-0.2, 0) is 6.54 Å². The highest BCUT2D eigenvalue weighted by Gasteiger charge is 2.07. The van der Waals surface area contributed by atoms with Gasteiger partial charge in [-0.05, 0) is 31.6 Å². The van der Waals surface area contributed by atoms with Crippen LogP contribution in [0.2, 0.25) is 0 Å². The average Bonchev–Trinajstić information content (AvgIpc) is 2.40. The average molecular weight is 272 g/mol. The lowest BCUT2D eigenvalue weighted by molar-refractivity contribution is 0.421. The van der Waals surface area contributed by atoms with Crippen LogP contribution in [0.4, 0.5) is 4.39 Å².